The van der Waals surface area contributed by atoms with Crippen LogP contribution in [0.3, 0.4) is 0 Å². The Bertz CT molecular complexity index is 569. The average Bonchev–Trinajstić information content (AvgIpc) is 2.42. The van der Waals surface area contributed by atoms with Crippen LogP contribution in [-0.4, -0.2) is 0 Å². The highest BCUT2D eigenvalue weighted by molar-refractivity contribution is 6.30. The predicted molar refractivity (Wildman–Crippen MR) is 80.9 cm³/mol. The highest BCUT2D eigenvalue weighted by Gasteiger charge is 2.15. The lowest BCUT2D eigenvalue weighted by atomic mass is 9.96. The van der Waals surface area contributed by atoms with E-state index in [1.54, 1.807) is 6.07 Å². The topological polar surface area (TPSA) is 64.1 Å². The Balaban J connectivity index is 2.43. The Morgan fingerprint density at radius 1 is 1.21 bits per heavy atom. The maximum absolute atomic E-state index is 6.03. The zero-order chi connectivity index (χ0) is 13.8. The van der Waals surface area contributed by atoms with Gasteiger partial charge in [-0.25, -0.2) is 5.43 Å². The fraction of sp³-hybridized carbons (Fsp3) is 0.200. The first-order chi connectivity index (χ1) is 9.15. The Morgan fingerprint density at radius 2 is 2.00 bits per heavy atom. The summed E-state index contributed by atoms with van der Waals surface area (Å²) in [6.45, 7) is 2.13. The lowest BCUT2D eigenvalue weighted by molar-refractivity contribution is 0.638. The molecule has 2 aromatic rings. The number of hydrogen-bond donors (Lipinski definition) is 3. The van der Waals surface area contributed by atoms with Crippen LogP contribution in [0, 0.1) is 0 Å². The van der Waals surface area contributed by atoms with Gasteiger partial charge in [0.25, 0.3) is 0 Å². The van der Waals surface area contributed by atoms with Crippen molar-refractivity contribution in [3.05, 3.63) is 64.2 Å². The van der Waals surface area contributed by atoms with Gasteiger partial charge in [-0.3, -0.25) is 5.84 Å². The van der Waals surface area contributed by atoms with Gasteiger partial charge < -0.3 is 5.73 Å². The Morgan fingerprint density at radius 3 is 2.63 bits per heavy atom. The summed E-state index contributed by atoms with van der Waals surface area (Å²) < 4.78 is 0. The van der Waals surface area contributed by atoms with E-state index in [0.717, 1.165) is 17.5 Å². The molecule has 0 heterocycles. The average molecular weight is 276 g/mol. The zero-order valence-electron chi connectivity index (χ0n) is 10.9. The van der Waals surface area contributed by atoms with Crippen molar-refractivity contribution < 1.29 is 0 Å². The minimum absolute atomic E-state index is 0.135. The fourth-order valence-electron chi connectivity index (χ4n) is 2.17. The van der Waals surface area contributed by atoms with Crippen LogP contribution in [0.25, 0.3) is 0 Å². The lowest BCUT2D eigenvalue weighted by Crippen LogP contribution is -2.29. The van der Waals surface area contributed by atoms with Crippen LogP contribution < -0.4 is 17.0 Å². The van der Waals surface area contributed by atoms with Gasteiger partial charge in [0.2, 0.25) is 0 Å². The molecule has 0 aliphatic heterocycles. The van der Waals surface area contributed by atoms with Crippen LogP contribution in [0.1, 0.15) is 29.7 Å². The number of anilines is 1. The van der Waals surface area contributed by atoms with Crippen LogP contribution in [0.4, 0.5) is 5.69 Å². The van der Waals surface area contributed by atoms with Gasteiger partial charge in [-0.05, 0) is 35.2 Å². The number of hydrazine groups is 1. The predicted octanol–water partition coefficient (Wildman–Crippen LogP) is 3.04. The first-order valence-electron chi connectivity index (χ1n) is 6.25. The molecule has 0 aromatic heterocycles. The summed E-state index contributed by atoms with van der Waals surface area (Å²) in [6.07, 6.45) is 0.987. The zero-order valence-corrected chi connectivity index (χ0v) is 11.6. The molecule has 0 saturated carbocycles. The molecule has 1 atom stereocenters. The van der Waals surface area contributed by atoms with E-state index in [1.807, 2.05) is 24.3 Å². The molecule has 0 amide bonds. The van der Waals surface area contributed by atoms with E-state index in [4.69, 9.17) is 23.2 Å². The summed E-state index contributed by atoms with van der Waals surface area (Å²) >= 11 is 5.93. The highest BCUT2D eigenvalue weighted by atomic mass is 35.5. The molecule has 4 heteroatoms. The second kappa shape index (κ2) is 6.06. The molecular weight excluding hydrogens is 258 g/mol. The van der Waals surface area contributed by atoms with Crippen LogP contribution in [0.15, 0.2) is 42.5 Å². The van der Waals surface area contributed by atoms with Crippen molar-refractivity contribution in [3.8, 4) is 0 Å². The Kier molecular flexibility index (Phi) is 4.43. The third-order valence-corrected chi connectivity index (χ3v) is 3.45. The molecule has 2 rings (SSSR count). The quantitative estimate of drug-likeness (QED) is 0.456. The van der Waals surface area contributed by atoms with Gasteiger partial charge in [0, 0.05) is 10.7 Å². The number of hydrogen-bond acceptors (Lipinski definition) is 3. The van der Waals surface area contributed by atoms with Crippen molar-refractivity contribution in [3.63, 3.8) is 0 Å². The maximum Gasteiger partial charge on any atom is 0.0730 e. The third kappa shape index (κ3) is 3.07. The first kappa shape index (κ1) is 13.9. The monoisotopic (exact) mass is 275 g/mol. The molecule has 0 fully saturated rings. The van der Waals surface area contributed by atoms with E-state index in [2.05, 4.69) is 24.5 Å². The SMILES string of the molecule is CCc1cccc(C(NN)c2ccc(Cl)cc2N)c1. The fourth-order valence-corrected chi connectivity index (χ4v) is 2.35. The van der Waals surface area contributed by atoms with Crippen LogP contribution in [0.5, 0.6) is 0 Å². The van der Waals surface area contributed by atoms with Crippen LogP contribution in [-0.2, 0) is 6.42 Å². The molecule has 2 aromatic carbocycles. The largest absolute Gasteiger partial charge is 0.398 e. The summed E-state index contributed by atoms with van der Waals surface area (Å²) in [6, 6.07) is 13.6. The molecule has 0 spiro atoms. The standard InChI is InChI=1S/C15H18ClN3/c1-2-10-4-3-5-11(8-10)15(19-18)13-7-6-12(16)9-14(13)17/h3-9,15,19H,2,17-18H2,1H3. The van der Waals surface area contributed by atoms with E-state index < -0.39 is 0 Å². The number of rotatable bonds is 4. The number of aryl methyl sites for hydroxylation is 1. The van der Waals surface area contributed by atoms with Gasteiger partial charge in [0.05, 0.1) is 6.04 Å². The summed E-state index contributed by atoms with van der Waals surface area (Å²) in [5, 5.41) is 0.624. The van der Waals surface area contributed by atoms with Crippen LogP contribution in [0.2, 0.25) is 5.02 Å². The lowest BCUT2D eigenvalue weighted by Gasteiger charge is -2.19. The second-order valence-corrected chi connectivity index (χ2v) is 4.91. The number of benzene rings is 2. The van der Waals surface area contributed by atoms with Gasteiger partial charge in [-0.15, -0.1) is 0 Å². The molecule has 1 unspecified atom stereocenters. The number of nitrogen functional groups attached to an aromatic ring is 1. The van der Waals surface area contributed by atoms with Crippen molar-refractivity contribution in [1.29, 1.82) is 0 Å². The molecule has 100 valence electrons. The molecule has 5 N–H and O–H groups in total. The highest BCUT2D eigenvalue weighted by Crippen LogP contribution is 2.28. The molecule has 19 heavy (non-hydrogen) atoms. The smallest absolute Gasteiger partial charge is 0.0730 e. The summed E-state index contributed by atoms with van der Waals surface area (Å²) in [5.41, 5.74) is 12.8. The number of nitrogens with two attached hydrogens (primary N) is 2. The number of nitrogens with one attached hydrogen (secondary N) is 1. The van der Waals surface area contributed by atoms with Gasteiger partial charge in [-0.2, -0.15) is 0 Å². The minimum Gasteiger partial charge on any atom is -0.398 e. The molecule has 0 aliphatic rings. The van der Waals surface area contributed by atoms with E-state index in [-0.39, 0.29) is 6.04 Å². The van der Waals surface area contributed by atoms with Crippen molar-refractivity contribution in [2.75, 3.05) is 5.73 Å². The summed E-state index contributed by atoms with van der Waals surface area (Å²) in [5.74, 6) is 5.70. The molecule has 0 radical (unpaired) electrons. The van der Waals surface area contributed by atoms with E-state index in [1.165, 1.54) is 5.56 Å². The maximum atomic E-state index is 6.03. The summed E-state index contributed by atoms with van der Waals surface area (Å²) in [7, 11) is 0. The Labute approximate surface area is 118 Å². The van der Waals surface area contributed by atoms with E-state index >= 15 is 0 Å². The Hall–Kier alpha value is -1.55. The molecular formula is C15H18ClN3. The molecule has 3 nitrogen and oxygen atoms in total. The van der Waals surface area contributed by atoms with Gasteiger partial charge in [0.15, 0.2) is 0 Å². The minimum atomic E-state index is -0.135. The van der Waals surface area contributed by atoms with Gasteiger partial charge in [0.1, 0.15) is 0 Å². The van der Waals surface area contributed by atoms with Crippen molar-refractivity contribution in [1.82, 2.24) is 5.43 Å². The molecule has 0 saturated heterocycles. The third-order valence-electron chi connectivity index (χ3n) is 3.22. The van der Waals surface area contributed by atoms with Crippen molar-refractivity contribution in [2.45, 2.75) is 19.4 Å². The van der Waals surface area contributed by atoms with E-state index in [9.17, 15) is 0 Å². The number of halogens is 1. The van der Waals surface area contributed by atoms with Crippen molar-refractivity contribution in [2.24, 2.45) is 5.84 Å². The van der Waals surface area contributed by atoms with E-state index in [0.29, 0.717) is 10.7 Å². The van der Waals surface area contributed by atoms with Crippen molar-refractivity contribution >= 4 is 17.3 Å². The second-order valence-electron chi connectivity index (χ2n) is 4.47. The first-order valence-corrected chi connectivity index (χ1v) is 6.63. The normalized spacial score (nSPS) is 12.4. The van der Waals surface area contributed by atoms with Gasteiger partial charge in [-0.1, -0.05) is 48.9 Å². The summed E-state index contributed by atoms with van der Waals surface area (Å²) in [4.78, 5) is 0. The molecule has 0 aliphatic carbocycles. The van der Waals surface area contributed by atoms with Gasteiger partial charge >= 0.3 is 0 Å². The molecule has 0 bridgehead atoms. The van der Waals surface area contributed by atoms with Crippen LogP contribution >= 0.6 is 11.6 Å².